The van der Waals surface area contributed by atoms with Gasteiger partial charge in [-0.2, -0.15) is 12.6 Å². The van der Waals surface area contributed by atoms with Crippen LogP contribution in [0.4, 0.5) is 5.69 Å². The summed E-state index contributed by atoms with van der Waals surface area (Å²) in [4.78, 5) is 28.9. The number of H-pyrrole nitrogens is 1. The minimum atomic E-state index is -0.752. The first-order valence-corrected chi connectivity index (χ1v) is 11.0. The number of hydrogen-bond acceptors (Lipinski definition) is 4. The molecule has 0 aliphatic heterocycles. The lowest BCUT2D eigenvalue weighted by molar-refractivity contribution is -0.125. The number of aromatic amines is 1. The fourth-order valence-corrected chi connectivity index (χ4v) is 4.07. The Morgan fingerprint density at radius 2 is 1.84 bits per heavy atom. The van der Waals surface area contributed by atoms with E-state index >= 15 is 0 Å². The molecule has 0 spiro atoms. The third-order valence-corrected chi connectivity index (χ3v) is 5.88. The summed E-state index contributed by atoms with van der Waals surface area (Å²) in [5, 5.41) is 8.74. The minimum Gasteiger partial charge on any atom is -0.497 e. The highest BCUT2D eigenvalue weighted by Gasteiger charge is 2.21. The Morgan fingerprint density at radius 3 is 2.59 bits per heavy atom. The molecule has 0 aliphatic carbocycles. The number of methoxy groups -OCH3 is 1. The van der Waals surface area contributed by atoms with Crippen molar-refractivity contribution in [3.63, 3.8) is 0 Å². The molecule has 32 heavy (non-hydrogen) atoms. The maximum atomic E-state index is 12.8. The molecule has 7 heteroatoms. The van der Waals surface area contributed by atoms with Gasteiger partial charge in [0.1, 0.15) is 11.8 Å². The lowest BCUT2D eigenvalue weighted by Gasteiger charge is -2.17. The maximum Gasteiger partial charge on any atom is 0.247 e. The van der Waals surface area contributed by atoms with E-state index in [1.165, 1.54) is 0 Å². The first-order valence-electron chi connectivity index (χ1n) is 10.3. The van der Waals surface area contributed by atoms with Crippen molar-refractivity contribution in [2.45, 2.75) is 19.4 Å². The predicted octanol–water partition coefficient (Wildman–Crippen LogP) is 4.23. The number of benzene rings is 3. The first kappa shape index (κ1) is 21.8. The van der Waals surface area contributed by atoms with Crippen LogP contribution in [0.5, 0.6) is 5.75 Å². The second kappa shape index (κ2) is 9.36. The van der Waals surface area contributed by atoms with Gasteiger partial charge in [0.2, 0.25) is 11.8 Å². The van der Waals surface area contributed by atoms with Gasteiger partial charge in [0.15, 0.2) is 0 Å². The van der Waals surface area contributed by atoms with Crippen molar-refractivity contribution in [3.8, 4) is 5.75 Å². The smallest absolute Gasteiger partial charge is 0.247 e. The molecular formula is C25H25N3O3S. The van der Waals surface area contributed by atoms with Gasteiger partial charge < -0.3 is 20.4 Å². The Labute approximate surface area is 191 Å². The Hall–Kier alpha value is -3.45. The fraction of sp³-hybridized carbons (Fsp3) is 0.200. The molecule has 4 rings (SSSR count). The lowest BCUT2D eigenvalue weighted by atomic mass is 10.1. The zero-order valence-electron chi connectivity index (χ0n) is 17.9. The second-order valence-corrected chi connectivity index (χ2v) is 8.04. The van der Waals surface area contributed by atoms with E-state index in [1.807, 2.05) is 67.6 Å². The summed E-state index contributed by atoms with van der Waals surface area (Å²) in [5.41, 5.74) is 3.40. The zero-order chi connectivity index (χ0) is 22.7. The average Bonchev–Trinajstić information content (AvgIpc) is 3.11. The molecule has 0 saturated carbocycles. The number of fused-ring (bicyclic) bond motifs is 2. The number of carbonyl (C=O) groups is 2. The number of aromatic nitrogens is 1. The average molecular weight is 448 g/mol. The molecular weight excluding hydrogens is 422 g/mol. The topological polar surface area (TPSA) is 83.2 Å². The Balaban J connectivity index is 1.46. The van der Waals surface area contributed by atoms with E-state index in [-0.39, 0.29) is 24.0 Å². The molecule has 1 aromatic heterocycles. The van der Waals surface area contributed by atoms with Gasteiger partial charge in [-0.15, -0.1) is 0 Å². The van der Waals surface area contributed by atoms with Crippen molar-refractivity contribution in [2.24, 2.45) is 0 Å². The maximum absolute atomic E-state index is 12.8. The number of thiol groups is 1. The van der Waals surface area contributed by atoms with E-state index in [1.54, 1.807) is 7.11 Å². The highest BCUT2D eigenvalue weighted by Crippen LogP contribution is 2.27. The van der Waals surface area contributed by atoms with Gasteiger partial charge in [0, 0.05) is 28.0 Å². The Bertz CT molecular complexity index is 1300. The number of aryl methyl sites for hydroxylation is 1. The summed E-state index contributed by atoms with van der Waals surface area (Å²) in [5.74, 6) is 0.359. The molecule has 3 aromatic carbocycles. The van der Waals surface area contributed by atoms with Crippen LogP contribution in [0.3, 0.4) is 0 Å². The van der Waals surface area contributed by atoms with E-state index in [2.05, 4.69) is 28.2 Å². The minimum absolute atomic E-state index is 0.145. The number of rotatable bonds is 7. The highest BCUT2D eigenvalue weighted by atomic mass is 32.1. The monoisotopic (exact) mass is 447 g/mol. The van der Waals surface area contributed by atoms with Crippen LogP contribution in [-0.2, 0) is 16.0 Å². The number of ether oxygens (including phenoxy) is 1. The molecule has 0 radical (unpaired) electrons. The highest BCUT2D eigenvalue weighted by molar-refractivity contribution is 7.80. The molecule has 6 nitrogen and oxygen atoms in total. The molecule has 1 atom stereocenters. The molecule has 1 heterocycles. The van der Waals surface area contributed by atoms with Gasteiger partial charge in [-0.05, 0) is 53.6 Å². The lowest BCUT2D eigenvalue weighted by Crippen LogP contribution is -2.45. The van der Waals surface area contributed by atoms with Crippen molar-refractivity contribution in [1.29, 1.82) is 0 Å². The van der Waals surface area contributed by atoms with E-state index in [9.17, 15) is 9.59 Å². The number of amides is 2. The van der Waals surface area contributed by atoms with Crippen molar-refractivity contribution in [3.05, 3.63) is 71.9 Å². The zero-order valence-corrected chi connectivity index (χ0v) is 18.8. The molecule has 0 bridgehead atoms. The molecule has 2 amide bonds. The van der Waals surface area contributed by atoms with Gasteiger partial charge in [-0.25, -0.2) is 0 Å². The number of anilines is 1. The molecule has 164 valence electrons. The van der Waals surface area contributed by atoms with Gasteiger partial charge in [0.05, 0.1) is 13.5 Å². The second-order valence-electron chi connectivity index (χ2n) is 7.67. The summed E-state index contributed by atoms with van der Waals surface area (Å²) in [6, 6.07) is 18.6. The van der Waals surface area contributed by atoms with Crippen LogP contribution in [0, 0.1) is 6.92 Å². The molecule has 0 aliphatic rings. The van der Waals surface area contributed by atoms with E-state index in [0.29, 0.717) is 5.69 Å². The van der Waals surface area contributed by atoms with Crippen LogP contribution in [0.2, 0.25) is 0 Å². The number of nitrogens with one attached hydrogen (secondary N) is 3. The summed E-state index contributed by atoms with van der Waals surface area (Å²) < 4.78 is 5.31. The van der Waals surface area contributed by atoms with E-state index < -0.39 is 6.04 Å². The summed E-state index contributed by atoms with van der Waals surface area (Å²) in [7, 11) is 1.61. The molecule has 0 unspecified atom stereocenters. The van der Waals surface area contributed by atoms with Crippen LogP contribution >= 0.6 is 12.6 Å². The SMILES string of the molecule is COc1ccc2[nH]c(C)c(CC(=O)N[C@@H](CS)C(=O)Nc3ccc4ccccc4c3)c2c1. The van der Waals surface area contributed by atoms with Crippen molar-refractivity contribution in [2.75, 3.05) is 18.2 Å². The van der Waals surface area contributed by atoms with Gasteiger partial charge in [-0.1, -0.05) is 30.3 Å². The van der Waals surface area contributed by atoms with Gasteiger partial charge >= 0.3 is 0 Å². The normalized spacial score (nSPS) is 12.0. The predicted molar refractivity (Wildman–Crippen MR) is 132 cm³/mol. The molecule has 0 saturated heterocycles. The number of carbonyl (C=O) groups excluding carboxylic acids is 2. The standard InChI is InChI=1S/C25H25N3O3S/c1-15-20(21-12-19(31-2)9-10-22(21)26-15)13-24(29)28-23(14-32)25(30)27-18-8-7-16-5-3-4-6-17(16)11-18/h3-12,23,26,32H,13-14H2,1-2H3,(H,27,30)(H,28,29)/t23-/m0/s1. The molecule has 3 N–H and O–H groups in total. The molecule has 4 aromatic rings. The summed E-state index contributed by atoms with van der Waals surface area (Å²) >= 11 is 4.28. The quantitative estimate of drug-likeness (QED) is 0.320. The summed E-state index contributed by atoms with van der Waals surface area (Å²) in [6.07, 6.45) is 0.145. The van der Waals surface area contributed by atoms with Crippen molar-refractivity contribution >= 4 is 51.8 Å². The van der Waals surface area contributed by atoms with Crippen LogP contribution in [0.15, 0.2) is 60.7 Å². The number of hydrogen-bond donors (Lipinski definition) is 4. The van der Waals surface area contributed by atoms with Crippen LogP contribution in [0.25, 0.3) is 21.7 Å². The van der Waals surface area contributed by atoms with Crippen LogP contribution in [0.1, 0.15) is 11.3 Å². The third-order valence-electron chi connectivity index (χ3n) is 5.52. The first-order chi connectivity index (χ1) is 15.5. The van der Waals surface area contributed by atoms with Crippen molar-refractivity contribution in [1.82, 2.24) is 10.3 Å². The Morgan fingerprint density at radius 1 is 1.06 bits per heavy atom. The largest absolute Gasteiger partial charge is 0.497 e. The van der Waals surface area contributed by atoms with Gasteiger partial charge in [-0.3, -0.25) is 9.59 Å². The van der Waals surface area contributed by atoms with Gasteiger partial charge in [0.25, 0.3) is 0 Å². The van der Waals surface area contributed by atoms with Crippen LogP contribution in [-0.4, -0.2) is 35.7 Å². The van der Waals surface area contributed by atoms with E-state index in [4.69, 9.17) is 4.74 Å². The Kier molecular flexibility index (Phi) is 6.37. The molecule has 0 fully saturated rings. The summed E-state index contributed by atoms with van der Waals surface area (Å²) in [6.45, 7) is 1.93. The van der Waals surface area contributed by atoms with E-state index in [0.717, 1.165) is 38.7 Å². The third kappa shape index (κ3) is 4.57. The fourth-order valence-electron chi connectivity index (χ4n) is 3.81. The van der Waals surface area contributed by atoms with Crippen molar-refractivity contribution < 1.29 is 14.3 Å². The van der Waals surface area contributed by atoms with Crippen LogP contribution < -0.4 is 15.4 Å².